The molecule has 0 heterocycles. The van der Waals surface area contributed by atoms with Gasteiger partial charge in [-0.25, -0.2) is 9.59 Å². The molecule has 0 radical (unpaired) electrons. The summed E-state index contributed by atoms with van der Waals surface area (Å²) < 4.78 is 5.42. The Morgan fingerprint density at radius 1 is 1.00 bits per heavy atom. The second-order valence-corrected chi connectivity index (χ2v) is 7.85. The van der Waals surface area contributed by atoms with Crippen LogP contribution in [-0.4, -0.2) is 67.3 Å². The highest BCUT2D eigenvalue weighted by Crippen LogP contribution is 2.44. The van der Waals surface area contributed by atoms with E-state index >= 15 is 0 Å². The van der Waals surface area contributed by atoms with Crippen molar-refractivity contribution >= 4 is 18.0 Å². The van der Waals surface area contributed by atoms with Gasteiger partial charge in [-0.05, 0) is 43.3 Å². The molecule has 0 aromatic heterocycles. The molecule has 1 unspecified atom stereocenters. The van der Waals surface area contributed by atoms with Crippen LogP contribution in [0, 0.1) is 0 Å². The minimum absolute atomic E-state index is 0.0845. The normalized spacial score (nSPS) is 14.3. The van der Waals surface area contributed by atoms with Crippen molar-refractivity contribution in [3.05, 3.63) is 59.7 Å². The predicted molar refractivity (Wildman–Crippen MR) is 116 cm³/mol. The van der Waals surface area contributed by atoms with E-state index in [-0.39, 0.29) is 19.1 Å². The molecule has 0 saturated heterocycles. The lowest BCUT2D eigenvalue weighted by atomic mass is 9.98. The number of fused-ring (bicyclic) bond motifs is 3. The summed E-state index contributed by atoms with van der Waals surface area (Å²) in [5.74, 6) is -1.82. The summed E-state index contributed by atoms with van der Waals surface area (Å²) in [7, 11) is 3.42. The Morgan fingerprint density at radius 2 is 1.55 bits per heavy atom. The highest BCUT2D eigenvalue weighted by molar-refractivity contribution is 5.89. The number of amides is 2. The number of nitrogens with zero attached hydrogens (tertiary/aromatic N) is 1. The number of aliphatic carboxylic acids is 1. The number of ether oxygens (including phenoxy) is 1. The maximum atomic E-state index is 12.3. The lowest BCUT2D eigenvalue weighted by molar-refractivity contribution is -0.142. The molecule has 1 aliphatic rings. The molecule has 0 aliphatic heterocycles. The summed E-state index contributed by atoms with van der Waals surface area (Å²) in [5.41, 5.74) is 4.44. The Kier molecular flexibility index (Phi) is 6.91. The fourth-order valence-corrected chi connectivity index (χ4v) is 3.73. The van der Waals surface area contributed by atoms with Gasteiger partial charge in [0.05, 0.1) is 0 Å². The average molecular weight is 425 g/mol. The predicted octanol–water partition coefficient (Wildman–Crippen LogP) is 2.04. The summed E-state index contributed by atoms with van der Waals surface area (Å²) >= 11 is 0. The minimum Gasteiger partial charge on any atom is -0.480 e. The minimum atomic E-state index is -1.14. The Bertz CT molecular complexity index is 930. The first-order valence-electron chi connectivity index (χ1n) is 10.1. The van der Waals surface area contributed by atoms with Crippen LogP contribution in [0.5, 0.6) is 0 Å². The van der Waals surface area contributed by atoms with Crippen LogP contribution in [0.4, 0.5) is 4.79 Å². The molecule has 8 nitrogen and oxygen atoms in total. The summed E-state index contributed by atoms with van der Waals surface area (Å²) in [6, 6.07) is 14.0. The molecule has 164 valence electrons. The van der Waals surface area contributed by atoms with Crippen LogP contribution in [0.1, 0.15) is 24.0 Å². The Balaban J connectivity index is 1.58. The van der Waals surface area contributed by atoms with Crippen molar-refractivity contribution in [1.29, 1.82) is 0 Å². The maximum Gasteiger partial charge on any atom is 0.407 e. The van der Waals surface area contributed by atoms with E-state index in [1.54, 1.807) is 19.0 Å². The van der Waals surface area contributed by atoms with Gasteiger partial charge in [0.2, 0.25) is 5.91 Å². The van der Waals surface area contributed by atoms with Crippen LogP contribution in [0.15, 0.2) is 48.5 Å². The van der Waals surface area contributed by atoms with Crippen molar-refractivity contribution in [3.63, 3.8) is 0 Å². The van der Waals surface area contributed by atoms with Crippen molar-refractivity contribution in [3.8, 4) is 11.1 Å². The van der Waals surface area contributed by atoms with E-state index in [9.17, 15) is 19.5 Å². The van der Waals surface area contributed by atoms with E-state index in [2.05, 4.69) is 10.6 Å². The first-order valence-corrected chi connectivity index (χ1v) is 10.1. The molecule has 2 aromatic carbocycles. The highest BCUT2D eigenvalue weighted by atomic mass is 16.5. The smallest absolute Gasteiger partial charge is 0.407 e. The molecule has 31 heavy (non-hydrogen) atoms. The van der Waals surface area contributed by atoms with Gasteiger partial charge in [0.15, 0.2) is 0 Å². The number of likely N-dealkylation sites (N-methyl/N-ethyl adjacent to an activating group) is 1. The van der Waals surface area contributed by atoms with Gasteiger partial charge in [-0.2, -0.15) is 0 Å². The lowest BCUT2D eigenvalue weighted by Crippen LogP contribution is -2.53. The topological polar surface area (TPSA) is 108 Å². The van der Waals surface area contributed by atoms with E-state index in [0.29, 0.717) is 0 Å². The van der Waals surface area contributed by atoms with E-state index in [1.165, 1.54) is 6.92 Å². The van der Waals surface area contributed by atoms with Crippen LogP contribution >= 0.6 is 0 Å². The Hall–Kier alpha value is -3.39. The number of nitrogens with one attached hydrogen (secondary N) is 2. The third-order valence-corrected chi connectivity index (χ3v) is 5.23. The summed E-state index contributed by atoms with van der Waals surface area (Å²) in [6.07, 6.45) is -0.732. The van der Waals surface area contributed by atoms with Gasteiger partial charge < -0.3 is 25.4 Å². The van der Waals surface area contributed by atoms with Gasteiger partial charge >= 0.3 is 12.1 Å². The number of rotatable bonds is 8. The molecular weight excluding hydrogens is 398 g/mol. The van der Waals surface area contributed by atoms with Gasteiger partial charge in [-0.3, -0.25) is 4.79 Å². The zero-order chi connectivity index (χ0) is 22.5. The first kappa shape index (κ1) is 22.3. The maximum absolute atomic E-state index is 12.3. The Labute approximate surface area is 181 Å². The summed E-state index contributed by atoms with van der Waals surface area (Å²) in [5, 5.41) is 14.1. The number of hydrogen-bond acceptors (Lipinski definition) is 5. The van der Waals surface area contributed by atoms with Crippen molar-refractivity contribution in [2.75, 3.05) is 27.2 Å². The van der Waals surface area contributed by atoms with Crippen LogP contribution in [0.25, 0.3) is 11.1 Å². The summed E-state index contributed by atoms with van der Waals surface area (Å²) in [6.45, 7) is 1.75. The van der Waals surface area contributed by atoms with E-state index in [4.69, 9.17) is 4.74 Å². The van der Waals surface area contributed by atoms with Gasteiger partial charge in [0.1, 0.15) is 18.7 Å². The third kappa shape index (κ3) is 5.21. The largest absolute Gasteiger partial charge is 0.480 e. The fraction of sp³-hybridized carbons (Fsp3) is 0.348. The number of carbonyl (C=O) groups excluding carboxylic acids is 2. The van der Waals surface area contributed by atoms with Gasteiger partial charge in [-0.15, -0.1) is 0 Å². The van der Waals surface area contributed by atoms with Gasteiger partial charge in [0.25, 0.3) is 0 Å². The first-order chi connectivity index (χ1) is 14.8. The quantitative estimate of drug-likeness (QED) is 0.597. The van der Waals surface area contributed by atoms with Crippen molar-refractivity contribution < 1.29 is 24.2 Å². The second kappa shape index (κ2) is 9.61. The molecule has 2 amide bonds. The van der Waals surface area contributed by atoms with Crippen LogP contribution in [-0.2, 0) is 14.3 Å². The lowest BCUT2D eigenvalue weighted by Gasteiger charge is -2.21. The van der Waals surface area contributed by atoms with Crippen LogP contribution < -0.4 is 10.6 Å². The molecule has 1 aliphatic carbocycles. The molecule has 3 rings (SSSR count). The molecule has 0 fully saturated rings. The molecular formula is C23H27N3O5. The van der Waals surface area contributed by atoms with E-state index < -0.39 is 30.1 Å². The van der Waals surface area contributed by atoms with E-state index in [1.807, 2.05) is 48.5 Å². The number of hydrogen-bond donors (Lipinski definition) is 3. The molecule has 0 saturated carbocycles. The van der Waals surface area contributed by atoms with Crippen molar-refractivity contribution in [2.24, 2.45) is 0 Å². The molecule has 0 bridgehead atoms. The average Bonchev–Trinajstić information content (AvgIpc) is 3.05. The number of carbonyl (C=O) groups is 3. The zero-order valence-corrected chi connectivity index (χ0v) is 17.8. The molecule has 2 atom stereocenters. The van der Waals surface area contributed by atoms with Crippen LogP contribution in [0.3, 0.4) is 0 Å². The summed E-state index contributed by atoms with van der Waals surface area (Å²) in [4.78, 5) is 37.6. The highest BCUT2D eigenvalue weighted by Gasteiger charge is 2.30. The Morgan fingerprint density at radius 3 is 2.06 bits per heavy atom. The SMILES string of the molecule is C[C@@H](NC(=O)OCC1c2ccccc2-c2ccccc21)C(=O)NC(CN(C)C)C(=O)O. The zero-order valence-electron chi connectivity index (χ0n) is 17.8. The van der Waals surface area contributed by atoms with Gasteiger partial charge in [-0.1, -0.05) is 48.5 Å². The number of alkyl carbamates (subject to hydrolysis) is 1. The van der Waals surface area contributed by atoms with Crippen molar-refractivity contribution in [2.45, 2.75) is 24.9 Å². The number of benzene rings is 2. The van der Waals surface area contributed by atoms with Crippen LogP contribution in [0.2, 0.25) is 0 Å². The molecule has 3 N–H and O–H groups in total. The van der Waals surface area contributed by atoms with E-state index in [0.717, 1.165) is 22.3 Å². The molecule has 0 spiro atoms. The molecule has 8 heteroatoms. The van der Waals surface area contributed by atoms with Gasteiger partial charge in [0, 0.05) is 12.5 Å². The number of carboxylic acid groups (broad SMARTS) is 1. The standard InChI is InChI=1S/C23H27N3O5/c1-14(21(27)25-20(22(28)29)12-26(2)3)24-23(30)31-13-19-17-10-6-4-8-15(17)16-9-5-7-11-18(16)19/h4-11,14,19-20H,12-13H2,1-3H3,(H,24,30)(H,25,27)(H,28,29)/t14-,20?/m1/s1. The number of carboxylic acids is 1. The van der Waals surface area contributed by atoms with Crippen molar-refractivity contribution in [1.82, 2.24) is 15.5 Å². The third-order valence-electron chi connectivity index (χ3n) is 5.23. The molecule has 2 aromatic rings. The second-order valence-electron chi connectivity index (χ2n) is 7.85. The fourth-order valence-electron chi connectivity index (χ4n) is 3.73. The monoisotopic (exact) mass is 425 g/mol.